The van der Waals surface area contributed by atoms with Crippen LogP contribution in [0.5, 0.6) is 0 Å². The predicted octanol–water partition coefficient (Wildman–Crippen LogP) is 2.84. The molecule has 1 fully saturated rings. The first-order valence-electron chi connectivity index (χ1n) is 11.1. The van der Waals surface area contributed by atoms with Crippen molar-refractivity contribution in [3.05, 3.63) is 66.6 Å². The van der Waals surface area contributed by atoms with E-state index in [1.807, 2.05) is 37.4 Å². The van der Waals surface area contributed by atoms with Gasteiger partial charge >= 0.3 is 0 Å². The molecule has 2 aromatic heterocycles. The lowest BCUT2D eigenvalue weighted by atomic mass is 9.98. The maximum absolute atomic E-state index is 12.9. The average molecular weight is 493 g/mol. The summed E-state index contributed by atoms with van der Waals surface area (Å²) in [6, 6.07) is 18.1. The Kier molecular flexibility index (Phi) is 6.14. The Balaban J connectivity index is 1.31. The van der Waals surface area contributed by atoms with E-state index in [0.717, 1.165) is 5.69 Å². The summed E-state index contributed by atoms with van der Waals surface area (Å²) < 4.78 is 32.8. The number of rotatable bonds is 6. The van der Waals surface area contributed by atoms with Gasteiger partial charge in [0.15, 0.2) is 0 Å². The van der Waals surface area contributed by atoms with Crippen LogP contribution in [0.4, 0.5) is 17.6 Å². The van der Waals surface area contributed by atoms with Crippen molar-refractivity contribution in [1.82, 2.24) is 29.4 Å². The molecule has 0 spiro atoms. The van der Waals surface area contributed by atoms with Crippen molar-refractivity contribution in [1.29, 1.82) is 0 Å². The molecule has 0 saturated carbocycles. The molecule has 0 bridgehead atoms. The van der Waals surface area contributed by atoms with Crippen LogP contribution in [0.15, 0.2) is 70.1 Å². The van der Waals surface area contributed by atoms with E-state index in [1.165, 1.54) is 4.31 Å². The fourth-order valence-electron chi connectivity index (χ4n) is 3.97. The Morgan fingerprint density at radius 1 is 0.914 bits per heavy atom. The molecule has 0 unspecified atom stereocenters. The zero-order valence-corrected chi connectivity index (χ0v) is 19.8. The number of hydrogen-bond donors (Lipinski definition) is 1. The number of aromatic nitrogens is 5. The molecule has 2 N–H and O–H groups in total. The van der Waals surface area contributed by atoms with Gasteiger partial charge in [-0.1, -0.05) is 41.6 Å². The van der Waals surface area contributed by atoms with Gasteiger partial charge in [0.1, 0.15) is 0 Å². The van der Waals surface area contributed by atoms with Crippen molar-refractivity contribution in [2.24, 2.45) is 0 Å². The number of para-hydroxylation sites is 1. The van der Waals surface area contributed by atoms with E-state index in [0.29, 0.717) is 42.7 Å². The van der Waals surface area contributed by atoms with Crippen molar-refractivity contribution in [2.45, 2.75) is 23.7 Å². The van der Waals surface area contributed by atoms with Gasteiger partial charge in [-0.15, -0.1) is 0 Å². The molecule has 3 heterocycles. The summed E-state index contributed by atoms with van der Waals surface area (Å²) in [6.45, 7) is 0.731. The van der Waals surface area contributed by atoms with E-state index >= 15 is 0 Å². The highest BCUT2D eigenvalue weighted by molar-refractivity contribution is 7.89. The smallest absolute Gasteiger partial charge is 0.243 e. The third-order valence-corrected chi connectivity index (χ3v) is 7.82. The molecule has 12 heteroatoms. The second kappa shape index (κ2) is 9.39. The summed E-state index contributed by atoms with van der Waals surface area (Å²) in [6.07, 6.45) is 1.13. The van der Waals surface area contributed by atoms with Gasteiger partial charge in [-0.3, -0.25) is 0 Å². The summed E-state index contributed by atoms with van der Waals surface area (Å²) >= 11 is 0. The van der Waals surface area contributed by atoms with Crippen molar-refractivity contribution in [3.8, 4) is 11.6 Å². The standard InChI is InChI=1S/C23H24N8O3S/c1-30(17-8-4-2-5-9-17)23-27-19(26-22(24)28-23)20-25-21(34-29-20)16-12-14-31(15-13-16)35(32,33)18-10-6-3-7-11-18/h2-11,16H,12-15H2,1H3,(H2,24,26,27,28). The van der Waals surface area contributed by atoms with Gasteiger partial charge in [-0.05, 0) is 37.1 Å². The van der Waals surface area contributed by atoms with Gasteiger partial charge < -0.3 is 15.2 Å². The maximum Gasteiger partial charge on any atom is 0.243 e. The van der Waals surface area contributed by atoms with Gasteiger partial charge in [0.05, 0.1) is 4.90 Å². The fraction of sp³-hybridized carbons (Fsp3) is 0.261. The first kappa shape index (κ1) is 22.9. The van der Waals surface area contributed by atoms with Crippen LogP contribution in [-0.4, -0.2) is 58.0 Å². The number of hydrogen-bond acceptors (Lipinski definition) is 10. The van der Waals surface area contributed by atoms with E-state index < -0.39 is 10.0 Å². The summed E-state index contributed by atoms with van der Waals surface area (Å²) in [4.78, 5) is 19.4. The number of sulfonamides is 1. The van der Waals surface area contributed by atoms with Crippen LogP contribution in [0, 0.1) is 0 Å². The molecule has 0 aliphatic carbocycles. The topological polar surface area (TPSA) is 144 Å². The van der Waals surface area contributed by atoms with Crippen LogP contribution in [0.25, 0.3) is 11.6 Å². The van der Waals surface area contributed by atoms with E-state index in [9.17, 15) is 8.42 Å². The average Bonchev–Trinajstić information content (AvgIpc) is 3.40. The number of nitrogens with two attached hydrogens (primary N) is 1. The largest absolute Gasteiger partial charge is 0.368 e. The Bertz CT molecular complexity index is 1410. The number of anilines is 3. The molecule has 4 aromatic rings. The quantitative estimate of drug-likeness (QED) is 0.426. The summed E-state index contributed by atoms with van der Waals surface area (Å²) in [7, 11) is -1.70. The van der Waals surface area contributed by atoms with Crippen molar-refractivity contribution in [2.75, 3.05) is 30.8 Å². The van der Waals surface area contributed by atoms with E-state index in [-0.39, 0.29) is 23.5 Å². The SMILES string of the molecule is CN(c1ccccc1)c1nc(N)nc(-c2noc(C3CCN(S(=O)(=O)c4ccccc4)CC3)n2)n1. The van der Waals surface area contributed by atoms with E-state index in [4.69, 9.17) is 10.3 Å². The number of nitrogens with zero attached hydrogens (tertiary/aromatic N) is 7. The number of benzene rings is 2. The van der Waals surface area contributed by atoms with Crippen molar-refractivity contribution in [3.63, 3.8) is 0 Å². The Morgan fingerprint density at radius 2 is 1.57 bits per heavy atom. The zero-order chi connectivity index (χ0) is 24.4. The monoisotopic (exact) mass is 492 g/mol. The number of piperidine rings is 1. The minimum absolute atomic E-state index is 0.0403. The first-order chi connectivity index (χ1) is 16.9. The number of nitrogen functional groups attached to an aromatic ring is 1. The molecule has 0 amide bonds. The molecular formula is C23H24N8O3S. The summed E-state index contributed by atoms with van der Waals surface area (Å²) in [5.74, 6) is 1.16. The van der Waals surface area contributed by atoms with Crippen LogP contribution in [0.3, 0.4) is 0 Å². The van der Waals surface area contributed by atoms with Crippen LogP contribution in [-0.2, 0) is 10.0 Å². The maximum atomic E-state index is 12.9. The molecule has 180 valence electrons. The second-order valence-corrected chi connectivity index (χ2v) is 10.1. The van der Waals surface area contributed by atoms with Gasteiger partial charge in [-0.2, -0.15) is 24.2 Å². The van der Waals surface area contributed by atoms with E-state index in [2.05, 4.69) is 25.1 Å². The van der Waals surface area contributed by atoms with Crippen LogP contribution < -0.4 is 10.6 Å². The van der Waals surface area contributed by atoms with Crippen LogP contribution in [0.1, 0.15) is 24.7 Å². The van der Waals surface area contributed by atoms with Crippen molar-refractivity contribution < 1.29 is 12.9 Å². The highest BCUT2D eigenvalue weighted by atomic mass is 32.2. The summed E-state index contributed by atoms with van der Waals surface area (Å²) in [5.41, 5.74) is 6.81. The van der Waals surface area contributed by atoms with Crippen LogP contribution in [0.2, 0.25) is 0 Å². The molecule has 1 aliphatic rings. The molecule has 2 aromatic carbocycles. The lowest BCUT2D eigenvalue weighted by Crippen LogP contribution is -2.37. The highest BCUT2D eigenvalue weighted by Gasteiger charge is 2.32. The molecule has 0 radical (unpaired) electrons. The van der Waals surface area contributed by atoms with Gasteiger partial charge in [0, 0.05) is 31.7 Å². The highest BCUT2D eigenvalue weighted by Crippen LogP contribution is 2.31. The fourth-order valence-corrected chi connectivity index (χ4v) is 5.46. The minimum atomic E-state index is -3.52. The molecule has 5 rings (SSSR count). The third kappa shape index (κ3) is 4.70. The van der Waals surface area contributed by atoms with Gasteiger partial charge in [0.25, 0.3) is 0 Å². The van der Waals surface area contributed by atoms with Crippen molar-refractivity contribution >= 4 is 27.6 Å². The van der Waals surface area contributed by atoms with E-state index in [1.54, 1.807) is 35.2 Å². The molecular weight excluding hydrogens is 468 g/mol. The Hall–Kier alpha value is -3.90. The molecule has 0 atom stereocenters. The molecule has 1 aliphatic heterocycles. The zero-order valence-electron chi connectivity index (χ0n) is 19.0. The second-order valence-electron chi connectivity index (χ2n) is 8.16. The molecule has 1 saturated heterocycles. The molecule has 35 heavy (non-hydrogen) atoms. The first-order valence-corrected chi connectivity index (χ1v) is 12.6. The normalized spacial score (nSPS) is 15.2. The van der Waals surface area contributed by atoms with Gasteiger partial charge in [0.2, 0.25) is 39.5 Å². The Labute approximate surface area is 202 Å². The van der Waals surface area contributed by atoms with Crippen LogP contribution >= 0.6 is 0 Å². The third-order valence-electron chi connectivity index (χ3n) is 5.91. The van der Waals surface area contributed by atoms with Gasteiger partial charge in [-0.25, -0.2) is 8.42 Å². The molecule has 11 nitrogen and oxygen atoms in total. The lowest BCUT2D eigenvalue weighted by molar-refractivity contribution is 0.270. The summed E-state index contributed by atoms with van der Waals surface area (Å²) in [5, 5.41) is 4.05. The lowest BCUT2D eigenvalue weighted by Gasteiger charge is -2.29. The minimum Gasteiger partial charge on any atom is -0.368 e. The predicted molar refractivity (Wildman–Crippen MR) is 129 cm³/mol. The Morgan fingerprint density at radius 3 is 2.26 bits per heavy atom.